The van der Waals surface area contributed by atoms with E-state index in [1.807, 2.05) is 51.1 Å². The number of hydrogen-bond donors (Lipinski definition) is 2. The molecule has 43 heavy (non-hydrogen) atoms. The van der Waals surface area contributed by atoms with Gasteiger partial charge in [-0.1, -0.05) is 51.1 Å². The predicted molar refractivity (Wildman–Crippen MR) is 158 cm³/mol. The molecule has 2 N–H and O–H groups in total. The van der Waals surface area contributed by atoms with Crippen molar-refractivity contribution in [2.24, 2.45) is 5.41 Å². The number of rotatable bonds is 10. The van der Waals surface area contributed by atoms with Crippen molar-refractivity contribution in [2.45, 2.75) is 79.1 Å². The van der Waals surface area contributed by atoms with Gasteiger partial charge in [0, 0.05) is 31.8 Å². The van der Waals surface area contributed by atoms with Crippen LogP contribution in [-0.4, -0.2) is 55.7 Å². The molecule has 0 fully saturated rings. The van der Waals surface area contributed by atoms with E-state index < -0.39 is 46.8 Å². The van der Waals surface area contributed by atoms with E-state index in [-0.39, 0.29) is 30.1 Å². The number of amides is 2. The largest absolute Gasteiger partial charge is 0.480 e. The van der Waals surface area contributed by atoms with Crippen LogP contribution >= 0.6 is 0 Å². The molecule has 1 aromatic heterocycles. The Kier molecular flexibility index (Phi) is 10.3. The molecule has 3 rings (SSSR count). The smallest absolute Gasteiger partial charge is 0.408 e. The van der Waals surface area contributed by atoms with Crippen LogP contribution < -0.4 is 5.32 Å². The summed E-state index contributed by atoms with van der Waals surface area (Å²) in [5.41, 5.74) is -0.384. The van der Waals surface area contributed by atoms with E-state index in [0.717, 1.165) is 23.8 Å². The molecule has 0 aliphatic carbocycles. The van der Waals surface area contributed by atoms with Gasteiger partial charge in [-0.15, -0.1) is 0 Å². The maximum atomic E-state index is 14.9. The maximum absolute atomic E-state index is 14.9. The van der Waals surface area contributed by atoms with Crippen molar-refractivity contribution in [1.82, 2.24) is 19.8 Å². The molecule has 0 bridgehead atoms. The van der Waals surface area contributed by atoms with Crippen molar-refractivity contribution in [3.63, 3.8) is 0 Å². The molecular weight excluding hydrogens is 558 g/mol. The van der Waals surface area contributed by atoms with Crippen LogP contribution in [0.1, 0.15) is 72.3 Å². The molecule has 2 amide bonds. The van der Waals surface area contributed by atoms with Crippen molar-refractivity contribution in [1.29, 1.82) is 0 Å². The Morgan fingerprint density at radius 1 is 1.05 bits per heavy atom. The first-order valence-corrected chi connectivity index (χ1v) is 14.0. The second kappa shape index (κ2) is 13.4. The molecule has 0 radical (unpaired) electrons. The summed E-state index contributed by atoms with van der Waals surface area (Å²) >= 11 is 0. The molecule has 0 saturated heterocycles. The molecule has 0 spiro atoms. The van der Waals surface area contributed by atoms with Gasteiger partial charge in [-0.2, -0.15) is 0 Å². The average molecular weight is 599 g/mol. The van der Waals surface area contributed by atoms with E-state index in [1.54, 1.807) is 31.5 Å². The molecular formula is C32H40F2N4O5. The topological polar surface area (TPSA) is 114 Å². The molecule has 0 unspecified atom stereocenters. The van der Waals surface area contributed by atoms with Crippen LogP contribution in [0, 0.1) is 17.0 Å². The highest BCUT2D eigenvalue weighted by molar-refractivity contribution is 5.80. The van der Waals surface area contributed by atoms with Crippen LogP contribution in [0.5, 0.6) is 0 Å². The van der Waals surface area contributed by atoms with Crippen LogP contribution in [0.25, 0.3) is 11.3 Å². The minimum Gasteiger partial charge on any atom is -0.480 e. The van der Waals surface area contributed by atoms with Gasteiger partial charge in [0.1, 0.15) is 29.1 Å². The summed E-state index contributed by atoms with van der Waals surface area (Å²) in [6.45, 7) is 12.4. The third kappa shape index (κ3) is 9.10. The minimum absolute atomic E-state index is 0.0254. The number of benzene rings is 2. The van der Waals surface area contributed by atoms with Gasteiger partial charge in [0.05, 0.1) is 11.7 Å². The van der Waals surface area contributed by atoms with Crippen LogP contribution in [0.3, 0.4) is 0 Å². The van der Waals surface area contributed by atoms with E-state index >= 15 is 0 Å². The van der Waals surface area contributed by atoms with Crippen LogP contribution in [0.2, 0.25) is 0 Å². The Morgan fingerprint density at radius 3 is 2.26 bits per heavy atom. The monoisotopic (exact) mass is 598 g/mol. The summed E-state index contributed by atoms with van der Waals surface area (Å²) in [4.78, 5) is 43.8. The molecule has 2 aromatic carbocycles. The number of carbonyl (C=O) groups is 3. The van der Waals surface area contributed by atoms with Crippen LogP contribution in [-0.2, 0) is 20.9 Å². The normalized spacial score (nSPS) is 13.2. The lowest BCUT2D eigenvalue weighted by atomic mass is 9.84. The number of carboxylic acids is 1. The number of carboxylic acid groups (broad SMARTS) is 1. The maximum Gasteiger partial charge on any atom is 0.408 e. The zero-order valence-electron chi connectivity index (χ0n) is 25.6. The van der Waals surface area contributed by atoms with Gasteiger partial charge in [-0.25, -0.2) is 23.4 Å². The second-order valence-corrected chi connectivity index (χ2v) is 12.5. The predicted octanol–water partition coefficient (Wildman–Crippen LogP) is 6.18. The summed E-state index contributed by atoms with van der Waals surface area (Å²) in [7, 11) is 0. The number of alkyl carbamates (subject to hydrolysis) is 1. The Morgan fingerprint density at radius 2 is 1.70 bits per heavy atom. The quantitative estimate of drug-likeness (QED) is 0.288. The zero-order chi connectivity index (χ0) is 32.1. The molecule has 2 atom stereocenters. The summed E-state index contributed by atoms with van der Waals surface area (Å²) in [6, 6.07) is 10.6. The number of imidazole rings is 1. The van der Waals surface area contributed by atoms with Crippen molar-refractivity contribution in [2.75, 3.05) is 6.54 Å². The third-order valence-electron chi connectivity index (χ3n) is 6.64. The Bertz CT molecular complexity index is 1440. The van der Waals surface area contributed by atoms with E-state index in [9.17, 15) is 28.3 Å². The molecule has 0 saturated carbocycles. The number of nitrogens with zero attached hydrogens (tertiary/aromatic N) is 3. The van der Waals surface area contributed by atoms with Gasteiger partial charge in [0.2, 0.25) is 5.91 Å². The molecule has 0 aliphatic heterocycles. The first-order valence-electron chi connectivity index (χ1n) is 14.0. The van der Waals surface area contributed by atoms with E-state index in [0.29, 0.717) is 12.4 Å². The number of ether oxygens (including phenoxy) is 1. The zero-order valence-corrected chi connectivity index (χ0v) is 25.6. The second-order valence-electron chi connectivity index (χ2n) is 12.5. The van der Waals surface area contributed by atoms with E-state index in [2.05, 4.69) is 5.32 Å². The van der Waals surface area contributed by atoms with Crippen molar-refractivity contribution >= 4 is 18.0 Å². The molecule has 1 heterocycles. The summed E-state index contributed by atoms with van der Waals surface area (Å²) in [5, 5.41) is 12.2. The SMILES string of the molecule is CC(=O)N(CC[C@H](NC(=O)OC(C)(C)C)C(=O)O)[C@@H](c1nc(-c2cc(F)ccc2F)cn1Cc1ccccc1)C(C)(C)C. The highest BCUT2D eigenvalue weighted by Gasteiger charge is 2.38. The number of halogens is 2. The number of aromatic nitrogens is 2. The third-order valence-corrected chi connectivity index (χ3v) is 6.64. The lowest BCUT2D eigenvalue weighted by Crippen LogP contribution is -2.47. The fraction of sp³-hybridized carbons (Fsp3) is 0.438. The number of hydrogen-bond acceptors (Lipinski definition) is 5. The Labute approximate surface area is 250 Å². The van der Waals surface area contributed by atoms with Gasteiger partial charge in [0.25, 0.3) is 0 Å². The summed E-state index contributed by atoms with van der Waals surface area (Å²) in [6.07, 6.45) is 0.620. The van der Waals surface area contributed by atoms with Gasteiger partial charge in [0.15, 0.2) is 0 Å². The number of carbonyl (C=O) groups excluding carboxylic acids is 2. The van der Waals surface area contributed by atoms with Crippen LogP contribution in [0.15, 0.2) is 54.7 Å². The Hall–Kier alpha value is -4.28. The van der Waals surface area contributed by atoms with Crippen molar-refractivity contribution in [3.05, 3.63) is 77.8 Å². The minimum atomic E-state index is -1.33. The van der Waals surface area contributed by atoms with Gasteiger partial charge in [-0.3, -0.25) is 4.79 Å². The van der Waals surface area contributed by atoms with Crippen molar-refractivity contribution < 1.29 is 33.0 Å². The van der Waals surface area contributed by atoms with Crippen LogP contribution in [0.4, 0.5) is 13.6 Å². The summed E-state index contributed by atoms with van der Waals surface area (Å²) < 4.78 is 36.0. The van der Waals surface area contributed by atoms with Gasteiger partial charge < -0.3 is 24.6 Å². The molecule has 0 aliphatic rings. The molecule has 9 nitrogen and oxygen atoms in total. The van der Waals surface area contributed by atoms with Gasteiger partial charge in [-0.05, 0) is 56.4 Å². The summed E-state index contributed by atoms with van der Waals surface area (Å²) in [5.74, 6) is -2.49. The lowest BCUT2D eigenvalue weighted by Gasteiger charge is -2.40. The highest BCUT2D eigenvalue weighted by atomic mass is 19.1. The average Bonchev–Trinajstić information content (AvgIpc) is 3.27. The molecule has 3 aromatic rings. The molecule has 11 heteroatoms. The van der Waals surface area contributed by atoms with E-state index in [4.69, 9.17) is 9.72 Å². The van der Waals surface area contributed by atoms with Gasteiger partial charge >= 0.3 is 12.1 Å². The fourth-order valence-electron chi connectivity index (χ4n) is 4.82. The fourth-order valence-corrected chi connectivity index (χ4v) is 4.82. The standard InChI is InChI=1S/C32H40F2N4O5/c1-20(39)38(16-15-25(29(40)41)36-30(42)43-32(5,6)7)27(31(2,3)4)28-35-26(23-17-22(33)13-14-24(23)34)19-37(28)18-21-11-9-8-10-12-21/h8-14,17,19,25,27H,15-16,18H2,1-7H3,(H,36,42)(H,40,41)/t25-,27-/m0/s1. The lowest BCUT2D eigenvalue weighted by molar-refractivity contribution is -0.141. The Balaban J connectivity index is 2.06. The highest BCUT2D eigenvalue weighted by Crippen LogP contribution is 2.39. The first kappa shape index (κ1) is 33.2. The first-order chi connectivity index (χ1) is 20.0. The molecule has 232 valence electrons. The number of nitrogens with one attached hydrogen (secondary N) is 1. The van der Waals surface area contributed by atoms with E-state index in [1.165, 1.54) is 11.8 Å². The number of aliphatic carboxylic acids is 1. The van der Waals surface area contributed by atoms with Crippen molar-refractivity contribution in [3.8, 4) is 11.3 Å².